The molecule has 0 amide bonds. The predicted octanol–water partition coefficient (Wildman–Crippen LogP) is 4.01. The third-order valence-corrected chi connectivity index (χ3v) is 3.79. The van der Waals surface area contributed by atoms with E-state index >= 15 is 0 Å². The summed E-state index contributed by atoms with van der Waals surface area (Å²) >= 11 is 9.67. The van der Waals surface area contributed by atoms with Crippen LogP contribution in [0.2, 0.25) is 4.34 Å². The Morgan fingerprint density at radius 1 is 1.83 bits per heavy atom. The molecule has 0 N–H and O–H groups in total. The molecular weight excluding hydrogens is 307 g/mol. The van der Waals surface area contributed by atoms with Crippen LogP contribution < -0.4 is 0 Å². The van der Waals surface area contributed by atoms with Crippen molar-refractivity contribution in [1.29, 1.82) is 0 Å². The molecule has 0 radical (unpaired) electrons. The van der Waals surface area contributed by atoms with Crippen LogP contribution >= 0.6 is 45.5 Å². The molecule has 1 rings (SSSR count). The first-order valence-electron chi connectivity index (χ1n) is 3.41. The highest BCUT2D eigenvalue weighted by Gasteiger charge is 2.11. The Balaban J connectivity index is 2.93. The highest BCUT2D eigenvalue weighted by molar-refractivity contribution is 14.1. The van der Waals surface area contributed by atoms with E-state index in [-0.39, 0.29) is 0 Å². The summed E-state index contributed by atoms with van der Waals surface area (Å²) in [4.78, 5) is 0. The largest absolute Gasteiger partial charge is 0.494 e. The van der Waals surface area contributed by atoms with Crippen LogP contribution in [0.15, 0.2) is 12.0 Å². The Hall–Kier alpha value is 0.260. The highest BCUT2D eigenvalue weighted by Crippen LogP contribution is 2.33. The van der Waals surface area contributed by atoms with Gasteiger partial charge in [0.2, 0.25) is 0 Å². The topological polar surface area (TPSA) is 9.23 Å². The molecule has 0 atom stereocenters. The van der Waals surface area contributed by atoms with Gasteiger partial charge < -0.3 is 4.74 Å². The van der Waals surface area contributed by atoms with Crippen LogP contribution in [0.1, 0.15) is 12.5 Å². The molecule has 0 fully saturated rings. The second-order valence-electron chi connectivity index (χ2n) is 2.09. The Bertz CT molecular complexity index is 276. The van der Waals surface area contributed by atoms with E-state index in [1.807, 2.05) is 12.3 Å². The molecule has 1 aromatic heterocycles. The molecule has 0 unspecified atom stereocenters. The van der Waals surface area contributed by atoms with Gasteiger partial charge in [-0.1, -0.05) is 18.2 Å². The average Bonchev–Trinajstić information content (AvgIpc) is 2.32. The summed E-state index contributed by atoms with van der Waals surface area (Å²) in [5, 5.41) is 1.99. The molecule has 0 spiro atoms. The van der Waals surface area contributed by atoms with Crippen LogP contribution in [0.3, 0.4) is 0 Å². The molecule has 0 aliphatic carbocycles. The van der Waals surface area contributed by atoms with Crippen LogP contribution in [-0.2, 0) is 4.74 Å². The minimum atomic E-state index is 0.626. The van der Waals surface area contributed by atoms with Gasteiger partial charge in [-0.15, -0.1) is 11.3 Å². The van der Waals surface area contributed by atoms with E-state index in [0.29, 0.717) is 12.4 Å². The van der Waals surface area contributed by atoms with Crippen molar-refractivity contribution >= 4 is 51.3 Å². The molecule has 0 aliphatic heterocycles. The van der Waals surface area contributed by atoms with Crippen LogP contribution in [-0.4, -0.2) is 6.61 Å². The van der Waals surface area contributed by atoms with E-state index in [1.54, 1.807) is 0 Å². The summed E-state index contributed by atoms with van der Waals surface area (Å²) in [6.45, 7) is 6.36. The molecule has 0 bridgehead atoms. The first kappa shape index (κ1) is 10.3. The van der Waals surface area contributed by atoms with Gasteiger partial charge in [0.25, 0.3) is 0 Å². The van der Waals surface area contributed by atoms with Crippen molar-refractivity contribution in [1.82, 2.24) is 0 Å². The second-order valence-corrected chi connectivity index (χ2v) is 4.73. The van der Waals surface area contributed by atoms with Gasteiger partial charge in [-0.05, 0) is 29.5 Å². The lowest BCUT2D eigenvalue weighted by atomic mass is 10.3. The van der Waals surface area contributed by atoms with Gasteiger partial charge in [0.1, 0.15) is 10.1 Å². The van der Waals surface area contributed by atoms with Crippen LogP contribution in [0.25, 0.3) is 5.76 Å². The van der Waals surface area contributed by atoms with Gasteiger partial charge in [-0.25, -0.2) is 0 Å². The summed E-state index contributed by atoms with van der Waals surface area (Å²) in [5.74, 6) is 0.660. The van der Waals surface area contributed by atoms with E-state index in [0.717, 1.165) is 13.5 Å². The van der Waals surface area contributed by atoms with Crippen molar-refractivity contribution in [3.63, 3.8) is 0 Å². The second kappa shape index (κ2) is 4.48. The molecule has 0 saturated heterocycles. The van der Waals surface area contributed by atoms with Crippen LogP contribution in [0.4, 0.5) is 0 Å². The molecule has 66 valence electrons. The van der Waals surface area contributed by atoms with Gasteiger partial charge in [0.05, 0.1) is 12.2 Å². The fourth-order valence-electron chi connectivity index (χ4n) is 0.804. The minimum Gasteiger partial charge on any atom is -0.494 e. The predicted molar refractivity (Wildman–Crippen MR) is 62.7 cm³/mol. The third kappa shape index (κ3) is 2.14. The first-order valence-corrected chi connectivity index (χ1v) is 5.75. The van der Waals surface area contributed by atoms with Crippen molar-refractivity contribution in [2.75, 3.05) is 6.61 Å². The lowest BCUT2D eigenvalue weighted by Gasteiger charge is -2.05. The number of hydrogen-bond donors (Lipinski definition) is 0. The highest BCUT2D eigenvalue weighted by atomic mass is 127. The average molecular weight is 315 g/mol. The molecule has 1 heterocycles. The number of halogens is 2. The molecule has 12 heavy (non-hydrogen) atoms. The molecule has 1 nitrogen and oxygen atoms in total. The summed E-state index contributed by atoms with van der Waals surface area (Å²) in [5.41, 5.74) is 0.934. The van der Waals surface area contributed by atoms with Crippen molar-refractivity contribution in [2.45, 2.75) is 6.92 Å². The zero-order chi connectivity index (χ0) is 9.14. The van der Waals surface area contributed by atoms with E-state index in [2.05, 4.69) is 29.2 Å². The van der Waals surface area contributed by atoms with E-state index in [9.17, 15) is 0 Å². The zero-order valence-electron chi connectivity index (χ0n) is 6.56. The number of hydrogen-bond acceptors (Lipinski definition) is 2. The van der Waals surface area contributed by atoms with Gasteiger partial charge in [0, 0.05) is 8.95 Å². The van der Waals surface area contributed by atoms with Crippen molar-refractivity contribution in [3.8, 4) is 0 Å². The summed E-state index contributed by atoms with van der Waals surface area (Å²) in [6.07, 6.45) is 0. The van der Waals surface area contributed by atoms with E-state index < -0.39 is 0 Å². The van der Waals surface area contributed by atoms with Crippen molar-refractivity contribution in [2.24, 2.45) is 0 Å². The third-order valence-electron chi connectivity index (χ3n) is 1.30. The SMILES string of the molecule is C=C(OCC)c1c(I)csc1Cl. The van der Waals surface area contributed by atoms with Crippen LogP contribution in [0, 0.1) is 3.57 Å². The maximum atomic E-state index is 5.95. The molecular formula is C8H8ClIOS. The fourth-order valence-corrected chi connectivity index (χ4v) is 3.11. The minimum absolute atomic E-state index is 0.626. The van der Waals surface area contributed by atoms with Crippen molar-refractivity contribution in [3.05, 3.63) is 25.4 Å². The van der Waals surface area contributed by atoms with E-state index in [4.69, 9.17) is 16.3 Å². The maximum absolute atomic E-state index is 5.95. The fraction of sp³-hybridized carbons (Fsp3) is 0.250. The normalized spacial score (nSPS) is 9.92. The number of ether oxygens (including phenoxy) is 1. The maximum Gasteiger partial charge on any atom is 0.122 e. The van der Waals surface area contributed by atoms with Gasteiger partial charge in [-0.3, -0.25) is 0 Å². The molecule has 4 heteroatoms. The number of rotatable bonds is 3. The molecule has 0 aliphatic rings. The van der Waals surface area contributed by atoms with Gasteiger partial charge in [-0.2, -0.15) is 0 Å². The number of thiophene rings is 1. The van der Waals surface area contributed by atoms with Gasteiger partial charge in [0.15, 0.2) is 0 Å². The summed E-state index contributed by atoms with van der Waals surface area (Å²) < 4.78 is 7.12. The quantitative estimate of drug-likeness (QED) is 0.605. The Morgan fingerprint density at radius 3 is 2.92 bits per heavy atom. The van der Waals surface area contributed by atoms with E-state index in [1.165, 1.54) is 11.3 Å². The van der Waals surface area contributed by atoms with Gasteiger partial charge >= 0.3 is 0 Å². The molecule has 0 aromatic carbocycles. The lowest BCUT2D eigenvalue weighted by molar-refractivity contribution is 0.299. The lowest BCUT2D eigenvalue weighted by Crippen LogP contribution is -1.90. The molecule has 0 saturated carbocycles. The summed E-state index contributed by atoms with van der Waals surface area (Å²) in [7, 11) is 0. The van der Waals surface area contributed by atoms with Crippen LogP contribution in [0.5, 0.6) is 0 Å². The molecule has 1 aromatic rings. The Kier molecular flexibility index (Phi) is 3.86. The smallest absolute Gasteiger partial charge is 0.122 e. The monoisotopic (exact) mass is 314 g/mol. The van der Waals surface area contributed by atoms with Crippen molar-refractivity contribution < 1.29 is 4.74 Å². The standard InChI is InChI=1S/C8H8ClIOS/c1-3-11-5(2)7-6(10)4-12-8(7)9/h4H,2-3H2,1H3. The summed E-state index contributed by atoms with van der Waals surface area (Å²) in [6, 6.07) is 0. The first-order chi connectivity index (χ1) is 5.66. The Labute approximate surface area is 94.5 Å². The zero-order valence-corrected chi connectivity index (χ0v) is 10.3. The Morgan fingerprint density at radius 2 is 2.50 bits per heavy atom.